The molecule has 6 heteroatoms. The first-order valence-electron chi connectivity index (χ1n) is 7.35. The van der Waals surface area contributed by atoms with E-state index in [2.05, 4.69) is 5.32 Å². The van der Waals surface area contributed by atoms with Crippen LogP contribution in [0.4, 0.5) is 10.1 Å². The summed E-state index contributed by atoms with van der Waals surface area (Å²) >= 11 is 6.17. The SMILES string of the molecule is O=C1CN2CCOC2(c2ccccc2F)c2cc(Cl)ccc2N1. The lowest BCUT2D eigenvalue weighted by Crippen LogP contribution is -2.45. The molecule has 118 valence electrons. The number of hydrogen-bond acceptors (Lipinski definition) is 3. The third kappa shape index (κ3) is 2.16. The van der Waals surface area contributed by atoms with Crippen molar-refractivity contribution >= 4 is 23.2 Å². The second-order valence-corrected chi connectivity index (χ2v) is 6.07. The Hall–Kier alpha value is -1.95. The average Bonchev–Trinajstić information content (AvgIpc) is 2.89. The van der Waals surface area contributed by atoms with Gasteiger partial charge in [0.25, 0.3) is 0 Å². The normalized spacial score (nSPS) is 23.8. The predicted molar refractivity (Wildman–Crippen MR) is 84.8 cm³/mol. The summed E-state index contributed by atoms with van der Waals surface area (Å²) in [7, 11) is 0. The summed E-state index contributed by atoms with van der Waals surface area (Å²) in [5, 5.41) is 3.36. The van der Waals surface area contributed by atoms with Crippen LogP contribution in [0, 0.1) is 5.82 Å². The van der Waals surface area contributed by atoms with Gasteiger partial charge in [0.05, 0.1) is 13.2 Å². The molecule has 2 aromatic carbocycles. The molecule has 1 atom stereocenters. The number of carbonyl (C=O) groups excluding carboxylic acids is 1. The predicted octanol–water partition coefficient (Wildman–Crippen LogP) is 2.96. The summed E-state index contributed by atoms with van der Waals surface area (Å²) in [6, 6.07) is 11.6. The Morgan fingerprint density at radius 3 is 2.87 bits per heavy atom. The van der Waals surface area contributed by atoms with Crippen LogP contribution in [0.1, 0.15) is 11.1 Å². The fourth-order valence-electron chi connectivity index (χ4n) is 3.39. The number of anilines is 1. The van der Waals surface area contributed by atoms with Crippen molar-refractivity contribution in [1.82, 2.24) is 4.90 Å². The van der Waals surface area contributed by atoms with Gasteiger partial charge in [-0.3, -0.25) is 9.69 Å². The van der Waals surface area contributed by atoms with E-state index >= 15 is 0 Å². The molecule has 0 aliphatic carbocycles. The van der Waals surface area contributed by atoms with E-state index < -0.39 is 5.72 Å². The minimum Gasteiger partial charge on any atom is -0.350 e. The van der Waals surface area contributed by atoms with E-state index in [4.69, 9.17) is 16.3 Å². The van der Waals surface area contributed by atoms with Crippen molar-refractivity contribution in [2.45, 2.75) is 5.72 Å². The highest BCUT2D eigenvalue weighted by Crippen LogP contribution is 2.46. The fourth-order valence-corrected chi connectivity index (χ4v) is 3.56. The summed E-state index contributed by atoms with van der Waals surface area (Å²) in [5.41, 5.74) is 0.480. The molecule has 0 spiro atoms. The molecular formula is C17H14ClFN2O2. The van der Waals surface area contributed by atoms with Crippen LogP contribution in [0.5, 0.6) is 0 Å². The second kappa shape index (κ2) is 5.30. The zero-order valence-electron chi connectivity index (χ0n) is 12.2. The number of halogens is 2. The molecule has 2 aliphatic rings. The van der Waals surface area contributed by atoms with Gasteiger partial charge in [-0.2, -0.15) is 0 Å². The van der Waals surface area contributed by atoms with Gasteiger partial charge in [-0.15, -0.1) is 0 Å². The van der Waals surface area contributed by atoms with Gasteiger partial charge < -0.3 is 10.1 Å². The smallest absolute Gasteiger partial charge is 0.238 e. The van der Waals surface area contributed by atoms with E-state index in [0.717, 1.165) is 0 Å². The maximum absolute atomic E-state index is 14.6. The molecule has 1 N–H and O–H groups in total. The third-order valence-corrected chi connectivity index (χ3v) is 4.55. The van der Waals surface area contributed by atoms with Gasteiger partial charge in [-0.05, 0) is 24.3 Å². The highest BCUT2D eigenvalue weighted by molar-refractivity contribution is 6.30. The molecule has 4 rings (SSSR count). The van der Waals surface area contributed by atoms with Gasteiger partial charge in [0.15, 0.2) is 5.72 Å². The highest BCUT2D eigenvalue weighted by Gasteiger charge is 2.50. The molecule has 0 saturated carbocycles. The van der Waals surface area contributed by atoms with E-state index in [9.17, 15) is 9.18 Å². The van der Waals surface area contributed by atoms with Crippen molar-refractivity contribution < 1.29 is 13.9 Å². The van der Waals surface area contributed by atoms with E-state index in [0.29, 0.717) is 35.0 Å². The van der Waals surface area contributed by atoms with Crippen LogP contribution < -0.4 is 5.32 Å². The Labute approximate surface area is 137 Å². The van der Waals surface area contributed by atoms with E-state index in [1.54, 1.807) is 36.4 Å². The first-order valence-corrected chi connectivity index (χ1v) is 7.73. The van der Waals surface area contributed by atoms with Gasteiger partial charge in [0.2, 0.25) is 5.91 Å². The molecule has 1 saturated heterocycles. The Balaban J connectivity index is 2.04. The number of ether oxygens (including phenoxy) is 1. The highest BCUT2D eigenvalue weighted by atomic mass is 35.5. The Morgan fingerprint density at radius 1 is 1.22 bits per heavy atom. The summed E-state index contributed by atoms with van der Waals surface area (Å²) in [4.78, 5) is 14.0. The zero-order chi connectivity index (χ0) is 16.0. The van der Waals surface area contributed by atoms with Crippen molar-refractivity contribution in [3.63, 3.8) is 0 Å². The number of benzene rings is 2. The number of rotatable bonds is 1. The molecule has 1 amide bonds. The topological polar surface area (TPSA) is 41.6 Å². The van der Waals surface area contributed by atoms with Crippen LogP contribution in [-0.4, -0.2) is 30.5 Å². The summed E-state index contributed by atoms with van der Waals surface area (Å²) in [5.74, 6) is -0.531. The van der Waals surface area contributed by atoms with Crippen LogP contribution in [0.3, 0.4) is 0 Å². The summed E-state index contributed by atoms with van der Waals surface area (Å²) in [6.45, 7) is 1.07. The van der Waals surface area contributed by atoms with Gasteiger partial charge in [0, 0.05) is 28.4 Å². The lowest BCUT2D eigenvalue weighted by molar-refractivity contribution is -0.121. The number of nitrogens with zero attached hydrogens (tertiary/aromatic N) is 1. The molecule has 0 aromatic heterocycles. The van der Waals surface area contributed by atoms with E-state index in [1.165, 1.54) is 6.07 Å². The summed E-state index contributed by atoms with van der Waals surface area (Å²) < 4.78 is 20.6. The monoisotopic (exact) mass is 332 g/mol. The fraction of sp³-hybridized carbons (Fsp3) is 0.235. The van der Waals surface area contributed by atoms with Crippen molar-refractivity contribution in [3.05, 3.63) is 64.4 Å². The number of nitrogens with one attached hydrogen (secondary N) is 1. The lowest BCUT2D eigenvalue weighted by atomic mass is 9.91. The standard InChI is InChI=1S/C17H14ClFN2O2/c18-11-5-6-15-13(9-11)17(12-3-1-2-4-14(12)19)21(7-8-23-17)10-16(22)20-15/h1-6,9H,7-8,10H2,(H,20,22). The average molecular weight is 333 g/mol. The van der Waals surface area contributed by atoms with Crippen molar-refractivity contribution in [1.29, 1.82) is 0 Å². The third-order valence-electron chi connectivity index (χ3n) is 4.31. The molecule has 1 unspecified atom stereocenters. The maximum atomic E-state index is 14.6. The maximum Gasteiger partial charge on any atom is 0.238 e. The number of hydrogen-bond donors (Lipinski definition) is 1. The van der Waals surface area contributed by atoms with Gasteiger partial charge in [-0.25, -0.2) is 4.39 Å². The van der Waals surface area contributed by atoms with Gasteiger partial charge >= 0.3 is 0 Å². The van der Waals surface area contributed by atoms with Crippen LogP contribution in [0.15, 0.2) is 42.5 Å². The molecule has 2 aromatic rings. The molecule has 4 nitrogen and oxygen atoms in total. The van der Waals surface area contributed by atoms with E-state index in [1.807, 2.05) is 4.90 Å². The largest absolute Gasteiger partial charge is 0.350 e. The Bertz CT molecular complexity index is 798. The zero-order valence-corrected chi connectivity index (χ0v) is 12.9. The molecule has 1 fully saturated rings. The lowest BCUT2D eigenvalue weighted by Gasteiger charge is -2.36. The van der Waals surface area contributed by atoms with Crippen molar-refractivity contribution in [2.24, 2.45) is 0 Å². The number of fused-ring (bicyclic) bond motifs is 3. The molecule has 2 aliphatic heterocycles. The first-order chi connectivity index (χ1) is 11.1. The molecule has 2 heterocycles. The number of amides is 1. The second-order valence-electron chi connectivity index (χ2n) is 5.63. The van der Waals surface area contributed by atoms with Crippen LogP contribution in [0.25, 0.3) is 0 Å². The van der Waals surface area contributed by atoms with E-state index in [-0.39, 0.29) is 18.3 Å². The number of carbonyl (C=O) groups is 1. The first kappa shape index (κ1) is 14.6. The summed E-state index contributed by atoms with van der Waals surface area (Å²) in [6.07, 6.45) is 0. The Kier molecular flexibility index (Phi) is 3.37. The van der Waals surface area contributed by atoms with Gasteiger partial charge in [-0.1, -0.05) is 29.8 Å². The van der Waals surface area contributed by atoms with Crippen molar-refractivity contribution in [2.75, 3.05) is 25.0 Å². The van der Waals surface area contributed by atoms with Crippen molar-refractivity contribution in [3.8, 4) is 0 Å². The van der Waals surface area contributed by atoms with Crippen LogP contribution in [0.2, 0.25) is 5.02 Å². The molecule has 0 bridgehead atoms. The molecule has 23 heavy (non-hydrogen) atoms. The van der Waals surface area contributed by atoms with Crippen LogP contribution in [-0.2, 0) is 15.3 Å². The minimum atomic E-state index is -1.15. The quantitative estimate of drug-likeness (QED) is 0.873. The van der Waals surface area contributed by atoms with Crippen LogP contribution >= 0.6 is 11.6 Å². The molecule has 0 radical (unpaired) electrons. The van der Waals surface area contributed by atoms with Gasteiger partial charge in [0.1, 0.15) is 5.82 Å². The molecular weight excluding hydrogens is 319 g/mol. The minimum absolute atomic E-state index is 0.126. The Morgan fingerprint density at radius 2 is 2.04 bits per heavy atom.